The second-order valence-electron chi connectivity index (χ2n) is 6.84. The molecule has 2 aromatic heterocycles. The predicted molar refractivity (Wildman–Crippen MR) is 108 cm³/mol. The van der Waals surface area contributed by atoms with Gasteiger partial charge < -0.3 is 14.6 Å². The molecule has 0 aliphatic carbocycles. The van der Waals surface area contributed by atoms with Crippen LogP contribution in [0.15, 0.2) is 52.4 Å². The van der Waals surface area contributed by atoms with Gasteiger partial charge in [-0.1, -0.05) is 41.1 Å². The molecule has 146 valence electrons. The molecule has 1 unspecified atom stereocenters. The molecule has 28 heavy (non-hydrogen) atoms. The quantitative estimate of drug-likeness (QED) is 0.689. The van der Waals surface area contributed by atoms with E-state index in [1.807, 2.05) is 17.5 Å². The van der Waals surface area contributed by atoms with E-state index in [1.165, 1.54) is 11.1 Å². The number of aromatic nitrogens is 1. The first-order valence-electron chi connectivity index (χ1n) is 9.38. The Bertz CT molecular complexity index is 899. The molecule has 6 nitrogen and oxygen atoms in total. The van der Waals surface area contributed by atoms with Crippen LogP contribution in [0.3, 0.4) is 0 Å². The molecule has 0 spiro atoms. The minimum Gasteiger partial charge on any atom is -0.379 e. The number of morpholine rings is 1. The van der Waals surface area contributed by atoms with Crippen molar-refractivity contribution in [3.05, 3.63) is 64.7 Å². The first kappa shape index (κ1) is 18.9. The number of benzene rings is 1. The van der Waals surface area contributed by atoms with Gasteiger partial charge in [-0.25, -0.2) is 0 Å². The minimum atomic E-state index is -0.225. The van der Waals surface area contributed by atoms with Crippen LogP contribution in [-0.4, -0.2) is 48.8 Å². The zero-order valence-electron chi connectivity index (χ0n) is 15.8. The third-order valence-corrected chi connectivity index (χ3v) is 5.80. The van der Waals surface area contributed by atoms with Gasteiger partial charge in [-0.05, 0) is 23.9 Å². The number of nitrogens with one attached hydrogen (secondary N) is 1. The molecule has 0 radical (unpaired) electrons. The third-order valence-electron chi connectivity index (χ3n) is 4.91. The summed E-state index contributed by atoms with van der Waals surface area (Å²) in [5.41, 5.74) is 2.71. The number of amides is 1. The monoisotopic (exact) mass is 397 g/mol. The molecule has 1 aliphatic rings. The van der Waals surface area contributed by atoms with Gasteiger partial charge in [0.15, 0.2) is 11.5 Å². The first-order valence-corrected chi connectivity index (χ1v) is 10.3. The number of hydrogen-bond acceptors (Lipinski definition) is 6. The Balaban J connectivity index is 1.46. The van der Waals surface area contributed by atoms with Crippen molar-refractivity contribution in [2.45, 2.75) is 13.0 Å². The maximum atomic E-state index is 12.6. The van der Waals surface area contributed by atoms with E-state index in [-0.39, 0.29) is 11.9 Å². The molecule has 1 aliphatic heterocycles. The lowest BCUT2D eigenvalue weighted by molar-refractivity contribution is 0.0162. The Labute approximate surface area is 168 Å². The smallest absolute Gasteiger partial charge is 0.273 e. The van der Waals surface area contributed by atoms with E-state index in [0.717, 1.165) is 18.0 Å². The number of aryl methyl sites for hydroxylation is 1. The van der Waals surface area contributed by atoms with Gasteiger partial charge in [0.1, 0.15) is 0 Å². The number of carbonyl (C=O) groups is 1. The number of carbonyl (C=O) groups excluding carboxylic acids is 1. The summed E-state index contributed by atoms with van der Waals surface area (Å²) in [5, 5.41) is 8.92. The normalized spacial score (nSPS) is 16.0. The van der Waals surface area contributed by atoms with Crippen molar-refractivity contribution in [2.75, 3.05) is 32.8 Å². The fourth-order valence-electron chi connectivity index (χ4n) is 3.33. The van der Waals surface area contributed by atoms with E-state index >= 15 is 0 Å². The third kappa shape index (κ3) is 4.32. The van der Waals surface area contributed by atoms with E-state index < -0.39 is 0 Å². The lowest BCUT2D eigenvalue weighted by Crippen LogP contribution is -2.43. The average Bonchev–Trinajstić information content (AvgIpc) is 3.42. The van der Waals surface area contributed by atoms with Gasteiger partial charge in [0.05, 0.1) is 24.1 Å². The Hall–Kier alpha value is -2.48. The molecule has 7 heteroatoms. The maximum Gasteiger partial charge on any atom is 0.273 e. The summed E-state index contributed by atoms with van der Waals surface area (Å²) < 4.78 is 10.8. The van der Waals surface area contributed by atoms with Crippen LogP contribution >= 0.6 is 11.3 Å². The molecule has 1 saturated heterocycles. The number of rotatable bonds is 6. The number of thiophene rings is 1. The highest BCUT2D eigenvalue weighted by atomic mass is 32.1. The molecular weight excluding hydrogens is 374 g/mol. The van der Waals surface area contributed by atoms with Crippen LogP contribution in [-0.2, 0) is 4.74 Å². The van der Waals surface area contributed by atoms with Gasteiger partial charge in [0, 0.05) is 25.7 Å². The van der Waals surface area contributed by atoms with Crippen molar-refractivity contribution in [3.63, 3.8) is 0 Å². The van der Waals surface area contributed by atoms with Crippen molar-refractivity contribution < 1.29 is 14.1 Å². The fourth-order valence-corrected chi connectivity index (χ4v) is 4.01. The summed E-state index contributed by atoms with van der Waals surface area (Å²) >= 11 is 1.55. The van der Waals surface area contributed by atoms with Crippen LogP contribution in [0, 0.1) is 6.92 Å². The highest BCUT2D eigenvalue weighted by molar-refractivity contribution is 7.13. The molecule has 1 N–H and O–H groups in total. The lowest BCUT2D eigenvalue weighted by atomic mass is 10.0. The van der Waals surface area contributed by atoms with Crippen LogP contribution < -0.4 is 5.32 Å². The van der Waals surface area contributed by atoms with Gasteiger partial charge in [0.25, 0.3) is 5.91 Å². The number of ether oxygens (including phenoxy) is 1. The van der Waals surface area contributed by atoms with Gasteiger partial charge >= 0.3 is 0 Å². The summed E-state index contributed by atoms with van der Waals surface area (Å²) in [7, 11) is 0. The molecule has 4 rings (SSSR count). The second-order valence-corrected chi connectivity index (χ2v) is 7.79. The SMILES string of the molecule is Cc1ccc(C(CNC(=O)c2cc(-c3cccs3)on2)N2CCOCC2)cc1. The molecule has 1 fully saturated rings. The Kier molecular flexibility index (Phi) is 5.85. The maximum absolute atomic E-state index is 12.6. The molecule has 3 aromatic rings. The van der Waals surface area contributed by atoms with Crippen LogP contribution in [0.4, 0.5) is 0 Å². The standard InChI is InChI=1S/C21H23N3O3S/c1-15-4-6-16(7-5-15)18(24-8-10-26-11-9-24)14-22-21(25)17-13-19(27-23-17)20-3-2-12-28-20/h2-7,12-13,18H,8-11,14H2,1H3,(H,22,25). The van der Waals surface area contributed by atoms with E-state index in [9.17, 15) is 4.79 Å². The van der Waals surface area contributed by atoms with Crippen molar-refractivity contribution >= 4 is 17.2 Å². The topological polar surface area (TPSA) is 67.6 Å². The number of nitrogens with zero attached hydrogens (tertiary/aromatic N) is 2. The van der Waals surface area contributed by atoms with Gasteiger partial charge in [-0.2, -0.15) is 0 Å². The largest absolute Gasteiger partial charge is 0.379 e. The highest BCUT2D eigenvalue weighted by Gasteiger charge is 2.24. The first-order chi connectivity index (χ1) is 13.7. The molecule has 0 bridgehead atoms. The summed E-state index contributed by atoms with van der Waals surface area (Å²) in [6, 6.07) is 14.1. The molecular formula is C21H23N3O3S. The fraction of sp³-hybridized carbons (Fsp3) is 0.333. The minimum absolute atomic E-state index is 0.0946. The van der Waals surface area contributed by atoms with E-state index in [1.54, 1.807) is 17.4 Å². The van der Waals surface area contributed by atoms with Crippen LogP contribution in [0.5, 0.6) is 0 Å². The predicted octanol–water partition coefficient (Wildman–Crippen LogP) is 3.51. The number of hydrogen-bond donors (Lipinski definition) is 1. The van der Waals surface area contributed by atoms with Crippen LogP contribution in [0.2, 0.25) is 0 Å². The molecule has 3 heterocycles. The van der Waals surface area contributed by atoms with E-state index in [2.05, 4.69) is 46.6 Å². The Morgan fingerprint density at radius 3 is 2.75 bits per heavy atom. The van der Waals surface area contributed by atoms with Crippen molar-refractivity contribution in [2.24, 2.45) is 0 Å². The average molecular weight is 398 g/mol. The lowest BCUT2D eigenvalue weighted by Gasteiger charge is -2.35. The highest BCUT2D eigenvalue weighted by Crippen LogP contribution is 2.25. The molecule has 0 saturated carbocycles. The zero-order chi connectivity index (χ0) is 19.3. The van der Waals surface area contributed by atoms with Crippen molar-refractivity contribution in [1.29, 1.82) is 0 Å². The summed E-state index contributed by atoms with van der Waals surface area (Å²) in [5.74, 6) is 0.389. The molecule has 1 amide bonds. The van der Waals surface area contributed by atoms with Crippen LogP contribution in [0.25, 0.3) is 10.6 Å². The summed E-state index contributed by atoms with van der Waals surface area (Å²) in [6.07, 6.45) is 0. The second kappa shape index (κ2) is 8.68. The molecule has 1 aromatic carbocycles. The van der Waals surface area contributed by atoms with Gasteiger partial charge in [-0.3, -0.25) is 9.69 Å². The molecule has 1 atom stereocenters. The summed E-state index contributed by atoms with van der Waals surface area (Å²) in [4.78, 5) is 15.9. The Morgan fingerprint density at radius 2 is 2.04 bits per heavy atom. The van der Waals surface area contributed by atoms with Gasteiger partial charge in [0.2, 0.25) is 0 Å². The zero-order valence-corrected chi connectivity index (χ0v) is 16.6. The summed E-state index contributed by atoms with van der Waals surface area (Å²) in [6.45, 7) is 5.70. The van der Waals surface area contributed by atoms with Gasteiger partial charge in [-0.15, -0.1) is 11.3 Å². The Morgan fingerprint density at radius 1 is 1.25 bits per heavy atom. The van der Waals surface area contributed by atoms with E-state index in [0.29, 0.717) is 31.2 Å². The van der Waals surface area contributed by atoms with Crippen LogP contribution in [0.1, 0.15) is 27.7 Å². The van der Waals surface area contributed by atoms with E-state index in [4.69, 9.17) is 9.26 Å². The van der Waals surface area contributed by atoms with Crippen molar-refractivity contribution in [1.82, 2.24) is 15.4 Å². The van der Waals surface area contributed by atoms with Crippen molar-refractivity contribution in [3.8, 4) is 10.6 Å².